The molecule has 3 aliphatic rings. The number of aliphatic hydroxyl groups excluding tert-OH is 1. The number of hydrogen-bond donors (Lipinski definition) is 1. The molecule has 3 fully saturated rings. The van der Waals surface area contributed by atoms with Crippen molar-refractivity contribution in [1.29, 1.82) is 0 Å². The van der Waals surface area contributed by atoms with E-state index in [9.17, 15) is 19.5 Å². The van der Waals surface area contributed by atoms with Gasteiger partial charge in [-0.05, 0) is 52.9 Å². The molecule has 6 atom stereocenters. The zero-order chi connectivity index (χ0) is 26.0. The Morgan fingerprint density at radius 1 is 1.29 bits per heavy atom. The lowest BCUT2D eigenvalue weighted by Crippen LogP contribution is -2.60. The summed E-state index contributed by atoms with van der Waals surface area (Å²) in [6.45, 7) is 14.2. The average Bonchev–Trinajstić information content (AvgIpc) is 3.37. The Hall–Kier alpha value is -1.71. The van der Waals surface area contributed by atoms with Gasteiger partial charge in [0.1, 0.15) is 11.6 Å². The van der Waals surface area contributed by atoms with Crippen molar-refractivity contribution in [3.63, 3.8) is 0 Å². The highest BCUT2D eigenvalue weighted by Gasteiger charge is 2.77. The first-order valence-electron chi connectivity index (χ1n) is 12.5. The fourth-order valence-electron chi connectivity index (χ4n) is 5.78. The Morgan fingerprint density at radius 3 is 2.60 bits per heavy atom. The first-order chi connectivity index (χ1) is 16.5. The molecule has 1 N–H and O–H groups in total. The summed E-state index contributed by atoms with van der Waals surface area (Å²) in [6, 6.07) is -0.860. The quantitative estimate of drug-likeness (QED) is 0.172. The molecular formula is C26H39BrN2O6. The van der Waals surface area contributed by atoms with E-state index >= 15 is 0 Å². The molecule has 0 aromatic carbocycles. The van der Waals surface area contributed by atoms with E-state index in [0.717, 1.165) is 6.42 Å². The highest BCUT2D eigenvalue weighted by Crippen LogP contribution is 2.60. The van der Waals surface area contributed by atoms with Crippen molar-refractivity contribution in [2.75, 3.05) is 26.3 Å². The number of fused-ring (bicyclic) bond motifs is 1. The number of hydrogen-bond acceptors (Lipinski definition) is 6. The minimum Gasteiger partial charge on any atom is -0.465 e. The van der Waals surface area contributed by atoms with Crippen LogP contribution < -0.4 is 0 Å². The molecular weight excluding hydrogens is 516 g/mol. The SMILES string of the molecule is C=CCCCOC(=O)[C@H]1[C@@H]2OC3(CC2Br)C(C(=O)N(CC=C)C(C)(C)C)N(CCCCO)C(=O)[C@H]13. The summed E-state index contributed by atoms with van der Waals surface area (Å²) in [4.78, 5) is 44.3. The standard InChI is InChI=1S/C26H39BrN2O6/c1-6-8-11-15-34-24(33)18-19-22(31)28(13-9-10-14-30)21(26(19)16-17(27)20(18)35-26)23(32)29(12-7-2)25(3,4)5/h6-7,17-21,30H,1-2,8-16H2,3-5H3/t17?,18-,19+,20-,21?,26?/m1/s1. The molecule has 2 bridgehead atoms. The van der Waals surface area contributed by atoms with Gasteiger partial charge in [-0.15, -0.1) is 13.2 Å². The van der Waals surface area contributed by atoms with Crippen molar-refractivity contribution in [3.05, 3.63) is 25.3 Å². The van der Waals surface area contributed by atoms with Gasteiger partial charge in [0.25, 0.3) is 0 Å². The molecule has 0 aromatic heterocycles. The van der Waals surface area contributed by atoms with Gasteiger partial charge in [-0.25, -0.2) is 0 Å². The number of allylic oxidation sites excluding steroid dienone is 1. The summed E-state index contributed by atoms with van der Waals surface area (Å²) >= 11 is 3.67. The van der Waals surface area contributed by atoms with E-state index in [1.165, 1.54) is 0 Å². The van der Waals surface area contributed by atoms with E-state index in [1.54, 1.807) is 22.0 Å². The number of ether oxygens (including phenoxy) is 2. The van der Waals surface area contributed by atoms with E-state index < -0.39 is 41.1 Å². The van der Waals surface area contributed by atoms with Crippen LogP contribution in [0.1, 0.15) is 52.9 Å². The molecule has 35 heavy (non-hydrogen) atoms. The number of amides is 2. The van der Waals surface area contributed by atoms with Crippen molar-refractivity contribution < 1.29 is 29.0 Å². The number of carbonyl (C=O) groups is 3. The number of nitrogens with zero attached hydrogens (tertiary/aromatic N) is 2. The number of rotatable bonds is 12. The smallest absolute Gasteiger partial charge is 0.312 e. The van der Waals surface area contributed by atoms with Crippen molar-refractivity contribution >= 4 is 33.7 Å². The van der Waals surface area contributed by atoms with Gasteiger partial charge in [0.15, 0.2) is 0 Å². The molecule has 3 unspecified atom stereocenters. The first kappa shape index (κ1) is 27.9. The maximum absolute atomic E-state index is 14.1. The maximum Gasteiger partial charge on any atom is 0.312 e. The number of unbranched alkanes of at least 4 members (excludes halogenated alkanes) is 2. The lowest BCUT2D eigenvalue weighted by atomic mass is 9.70. The number of likely N-dealkylation sites (tertiary alicyclic amines) is 1. The second-order valence-corrected chi connectivity index (χ2v) is 11.8. The Bertz CT molecular complexity index is 842. The number of aliphatic hydroxyl groups is 1. The highest BCUT2D eigenvalue weighted by atomic mass is 79.9. The van der Waals surface area contributed by atoms with Crippen molar-refractivity contribution in [3.8, 4) is 0 Å². The number of carbonyl (C=O) groups excluding carboxylic acids is 3. The molecule has 1 spiro atoms. The van der Waals surface area contributed by atoms with Gasteiger partial charge in [-0.2, -0.15) is 0 Å². The topological polar surface area (TPSA) is 96.4 Å². The summed E-state index contributed by atoms with van der Waals surface area (Å²) in [5, 5.41) is 9.29. The summed E-state index contributed by atoms with van der Waals surface area (Å²) in [5.74, 6) is -2.46. The van der Waals surface area contributed by atoms with Gasteiger partial charge >= 0.3 is 5.97 Å². The average molecular weight is 556 g/mol. The Balaban J connectivity index is 1.99. The lowest BCUT2D eigenvalue weighted by Gasteiger charge is -2.42. The Labute approximate surface area is 216 Å². The van der Waals surface area contributed by atoms with Crippen LogP contribution in [0.3, 0.4) is 0 Å². The van der Waals surface area contributed by atoms with Crippen molar-refractivity contribution in [2.45, 2.75) is 81.0 Å². The highest BCUT2D eigenvalue weighted by molar-refractivity contribution is 9.09. The van der Waals surface area contributed by atoms with E-state index in [1.807, 2.05) is 20.8 Å². The second-order valence-electron chi connectivity index (χ2n) is 10.6. The number of esters is 1. The third-order valence-electron chi connectivity index (χ3n) is 7.29. The molecule has 3 heterocycles. The van der Waals surface area contributed by atoms with Crippen LogP contribution >= 0.6 is 15.9 Å². The second kappa shape index (κ2) is 11.1. The molecule has 0 radical (unpaired) electrons. The van der Waals surface area contributed by atoms with Crippen LogP contribution in [-0.2, 0) is 23.9 Å². The van der Waals surface area contributed by atoms with Crippen LogP contribution in [-0.4, -0.2) is 87.1 Å². The number of halogens is 1. The first-order valence-corrected chi connectivity index (χ1v) is 13.4. The molecule has 196 valence electrons. The van der Waals surface area contributed by atoms with Crippen LogP contribution in [0, 0.1) is 11.8 Å². The zero-order valence-electron chi connectivity index (χ0n) is 21.1. The minimum atomic E-state index is -1.11. The van der Waals surface area contributed by atoms with Gasteiger partial charge in [0.2, 0.25) is 11.8 Å². The Morgan fingerprint density at radius 2 is 2.00 bits per heavy atom. The molecule has 0 saturated carbocycles. The van der Waals surface area contributed by atoms with Crippen molar-refractivity contribution in [2.24, 2.45) is 11.8 Å². The van der Waals surface area contributed by atoms with Crippen molar-refractivity contribution in [1.82, 2.24) is 9.80 Å². The fraction of sp³-hybridized carbons (Fsp3) is 0.731. The van der Waals surface area contributed by atoms with Crippen LogP contribution in [0.5, 0.6) is 0 Å². The monoisotopic (exact) mass is 554 g/mol. The molecule has 3 rings (SSSR count). The maximum atomic E-state index is 14.1. The predicted octanol–water partition coefficient (Wildman–Crippen LogP) is 2.83. The molecule has 9 heteroatoms. The lowest BCUT2D eigenvalue weighted by molar-refractivity contribution is -0.155. The zero-order valence-corrected chi connectivity index (χ0v) is 22.7. The van der Waals surface area contributed by atoms with E-state index in [0.29, 0.717) is 38.8 Å². The summed E-state index contributed by atoms with van der Waals surface area (Å²) in [6.07, 6.45) is 5.80. The van der Waals surface area contributed by atoms with Crippen LogP contribution in [0.15, 0.2) is 25.3 Å². The third kappa shape index (κ3) is 5.09. The number of alkyl halides is 1. The largest absolute Gasteiger partial charge is 0.465 e. The van der Waals surface area contributed by atoms with Crippen LogP contribution in [0.4, 0.5) is 0 Å². The molecule has 3 aliphatic heterocycles. The third-order valence-corrected chi connectivity index (χ3v) is 8.13. The summed E-state index contributed by atoms with van der Waals surface area (Å²) in [5.41, 5.74) is -1.62. The fourth-order valence-corrected chi connectivity index (χ4v) is 6.72. The van der Waals surface area contributed by atoms with E-state index in [4.69, 9.17) is 9.47 Å². The van der Waals surface area contributed by atoms with Crippen LogP contribution in [0.2, 0.25) is 0 Å². The van der Waals surface area contributed by atoms with Crippen LogP contribution in [0.25, 0.3) is 0 Å². The van der Waals surface area contributed by atoms with Gasteiger partial charge < -0.3 is 24.4 Å². The molecule has 2 amide bonds. The predicted molar refractivity (Wildman–Crippen MR) is 136 cm³/mol. The van der Waals surface area contributed by atoms with E-state index in [2.05, 4.69) is 29.1 Å². The van der Waals surface area contributed by atoms with Gasteiger partial charge in [-0.3, -0.25) is 14.4 Å². The summed E-state index contributed by atoms with van der Waals surface area (Å²) in [7, 11) is 0. The van der Waals surface area contributed by atoms with Gasteiger partial charge in [0, 0.05) is 30.1 Å². The minimum absolute atomic E-state index is 0.00149. The Kier molecular flexibility index (Phi) is 8.86. The normalized spacial score (nSPS) is 31.4. The molecule has 3 saturated heterocycles. The molecule has 0 aliphatic carbocycles. The molecule has 8 nitrogen and oxygen atoms in total. The molecule has 0 aromatic rings. The summed E-state index contributed by atoms with van der Waals surface area (Å²) < 4.78 is 12.0. The van der Waals surface area contributed by atoms with Gasteiger partial charge in [0.05, 0.1) is 24.5 Å². The van der Waals surface area contributed by atoms with E-state index in [-0.39, 0.29) is 29.9 Å². The van der Waals surface area contributed by atoms with Gasteiger partial charge in [-0.1, -0.05) is 28.1 Å².